The van der Waals surface area contributed by atoms with Crippen molar-refractivity contribution >= 4 is 35.2 Å². The SMILES string of the molecule is CN(C)c1ncnc(Cl)c1C(Cc1ccc(NC(=O)OCc2ccccc2)cc1)C(=O)O. The van der Waals surface area contributed by atoms with Crippen molar-refractivity contribution in [2.75, 3.05) is 24.3 Å². The van der Waals surface area contributed by atoms with Crippen LogP contribution in [0.25, 0.3) is 0 Å². The molecule has 8 nitrogen and oxygen atoms in total. The Morgan fingerprint density at radius 1 is 1.06 bits per heavy atom. The van der Waals surface area contributed by atoms with Gasteiger partial charge in [-0.05, 0) is 29.7 Å². The molecule has 0 bridgehead atoms. The van der Waals surface area contributed by atoms with E-state index in [1.165, 1.54) is 6.33 Å². The van der Waals surface area contributed by atoms with Gasteiger partial charge in [0.15, 0.2) is 0 Å². The molecule has 1 unspecified atom stereocenters. The molecule has 0 spiro atoms. The Morgan fingerprint density at radius 2 is 1.75 bits per heavy atom. The zero-order chi connectivity index (χ0) is 23.1. The second-order valence-electron chi connectivity index (χ2n) is 7.27. The lowest BCUT2D eigenvalue weighted by Crippen LogP contribution is -2.21. The number of benzene rings is 2. The van der Waals surface area contributed by atoms with E-state index in [0.29, 0.717) is 17.1 Å². The van der Waals surface area contributed by atoms with E-state index in [1.54, 1.807) is 43.3 Å². The van der Waals surface area contributed by atoms with Crippen molar-refractivity contribution in [2.24, 2.45) is 0 Å². The molecular weight excluding hydrogens is 432 g/mol. The molecule has 0 saturated carbocycles. The van der Waals surface area contributed by atoms with Crippen LogP contribution in [-0.4, -0.2) is 41.2 Å². The summed E-state index contributed by atoms with van der Waals surface area (Å²) in [6, 6.07) is 16.2. The van der Waals surface area contributed by atoms with Gasteiger partial charge in [-0.25, -0.2) is 14.8 Å². The van der Waals surface area contributed by atoms with Crippen LogP contribution in [0.5, 0.6) is 0 Å². The Balaban J connectivity index is 1.67. The number of nitrogens with one attached hydrogen (secondary N) is 1. The van der Waals surface area contributed by atoms with Gasteiger partial charge >= 0.3 is 12.1 Å². The van der Waals surface area contributed by atoms with Crippen LogP contribution in [-0.2, 0) is 22.6 Å². The number of hydrogen-bond acceptors (Lipinski definition) is 6. The predicted molar refractivity (Wildman–Crippen MR) is 122 cm³/mol. The minimum Gasteiger partial charge on any atom is -0.481 e. The highest BCUT2D eigenvalue weighted by Gasteiger charge is 2.28. The molecule has 9 heteroatoms. The van der Waals surface area contributed by atoms with Gasteiger partial charge in [-0.2, -0.15) is 0 Å². The Hall–Kier alpha value is -3.65. The van der Waals surface area contributed by atoms with E-state index >= 15 is 0 Å². The number of aliphatic carboxylic acids is 1. The molecule has 1 atom stereocenters. The highest BCUT2D eigenvalue weighted by atomic mass is 35.5. The summed E-state index contributed by atoms with van der Waals surface area (Å²) in [5, 5.41) is 12.6. The standard InChI is InChI=1S/C23H23ClN4O4/c1-28(2)21-19(20(24)25-14-26-21)18(22(29)30)12-15-8-10-17(11-9-15)27-23(31)32-13-16-6-4-3-5-7-16/h3-11,14,18H,12-13H2,1-2H3,(H,27,31)(H,29,30). The molecule has 0 aliphatic carbocycles. The lowest BCUT2D eigenvalue weighted by Gasteiger charge is -2.21. The van der Waals surface area contributed by atoms with E-state index < -0.39 is 18.0 Å². The van der Waals surface area contributed by atoms with E-state index in [4.69, 9.17) is 16.3 Å². The summed E-state index contributed by atoms with van der Waals surface area (Å²) in [5.41, 5.74) is 2.54. The number of nitrogens with zero attached hydrogens (tertiary/aromatic N) is 3. The van der Waals surface area contributed by atoms with Crippen LogP contribution in [0.3, 0.4) is 0 Å². The largest absolute Gasteiger partial charge is 0.481 e. The molecule has 0 saturated heterocycles. The zero-order valence-electron chi connectivity index (χ0n) is 17.7. The van der Waals surface area contributed by atoms with Crippen molar-refractivity contribution < 1.29 is 19.4 Å². The van der Waals surface area contributed by atoms with Gasteiger partial charge in [0.25, 0.3) is 0 Å². The van der Waals surface area contributed by atoms with Crippen LogP contribution < -0.4 is 10.2 Å². The average Bonchev–Trinajstić information content (AvgIpc) is 2.78. The van der Waals surface area contributed by atoms with Gasteiger partial charge < -0.3 is 14.7 Å². The fraction of sp³-hybridized carbons (Fsp3) is 0.217. The normalized spacial score (nSPS) is 11.5. The highest BCUT2D eigenvalue weighted by Crippen LogP contribution is 2.33. The summed E-state index contributed by atoms with van der Waals surface area (Å²) in [6.45, 7) is 0.166. The zero-order valence-corrected chi connectivity index (χ0v) is 18.4. The molecule has 1 amide bonds. The number of carboxylic acids is 1. The van der Waals surface area contributed by atoms with Gasteiger partial charge in [0.2, 0.25) is 0 Å². The number of rotatable bonds is 8. The molecule has 0 radical (unpaired) electrons. The van der Waals surface area contributed by atoms with Gasteiger partial charge in [-0.15, -0.1) is 0 Å². The number of aromatic nitrogens is 2. The number of amides is 1. The summed E-state index contributed by atoms with van der Waals surface area (Å²) in [4.78, 5) is 33.9. The lowest BCUT2D eigenvalue weighted by molar-refractivity contribution is -0.138. The molecule has 0 aliphatic rings. The van der Waals surface area contributed by atoms with Gasteiger partial charge in [0.1, 0.15) is 23.9 Å². The average molecular weight is 455 g/mol. The first-order valence-corrected chi connectivity index (χ1v) is 10.2. The molecule has 2 N–H and O–H groups in total. The monoisotopic (exact) mass is 454 g/mol. The maximum atomic E-state index is 12.0. The third-order valence-electron chi connectivity index (χ3n) is 4.74. The molecule has 32 heavy (non-hydrogen) atoms. The van der Waals surface area contributed by atoms with Gasteiger partial charge in [-0.3, -0.25) is 10.1 Å². The van der Waals surface area contributed by atoms with Crippen molar-refractivity contribution in [2.45, 2.75) is 18.9 Å². The van der Waals surface area contributed by atoms with E-state index in [1.807, 2.05) is 30.3 Å². The maximum Gasteiger partial charge on any atom is 0.411 e. The summed E-state index contributed by atoms with van der Waals surface area (Å²) >= 11 is 6.23. The number of halogens is 1. The number of anilines is 2. The van der Waals surface area contributed by atoms with E-state index in [0.717, 1.165) is 11.1 Å². The van der Waals surface area contributed by atoms with Gasteiger partial charge in [0, 0.05) is 25.3 Å². The molecule has 0 aliphatic heterocycles. The van der Waals surface area contributed by atoms with Crippen LogP contribution >= 0.6 is 11.6 Å². The van der Waals surface area contributed by atoms with Crippen LogP contribution in [0.2, 0.25) is 5.15 Å². The van der Waals surface area contributed by atoms with Crippen LogP contribution in [0, 0.1) is 0 Å². The van der Waals surface area contributed by atoms with Crippen molar-refractivity contribution in [3.05, 3.63) is 82.8 Å². The fourth-order valence-corrected chi connectivity index (χ4v) is 3.43. The van der Waals surface area contributed by atoms with Gasteiger partial charge in [-0.1, -0.05) is 54.1 Å². The topological polar surface area (TPSA) is 105 Å². The first kappa shape index (κ1) is 23.0. The van der Waals surface area contributed by atoms with Crippen molar-refractivity contribution in [3.8, 4) is 0 Å². The number of hydrogen-bond donors (Lipinski definition) is 2. The number of carbonyl (C=O) groups is 2. The molecule has 0 fully saturated rings. The maximum absolute atomic E-state index is 12.0. The quantitative estimate of drug-likeness (QED) is 0.487. The Labute approximate surface area is 190 Å². The van der Waals surface area contributed by atoms with E-state index in [-0.39, 0.29) is 18.2 Å². The third-order valence-corrected chi connectivity index (χ3v) is 5.04. The summed E-state index contributed by atoms with van der Waals surface area (Å²) in [7, 11) is 3.52. The summed E-state index contributed by atoms with van der Waals surface area (Å²) in [5.74, 6) is -1.51. The molecule has 1 heterocycles. The number of carboxylic acid groups (broad SMARTS) is 1. The van der Waals surface area contributed by atoms with Crippen molar-refractivity contribution in [3.63, 3.8) is 0 Å². The number of carbonyl (C=O) groups excluding carboxylic acids is 1. The van der Waals surface area contributed by atoms with Crippen molar-refractivity contribution in [1.29, 1.82) is 0 Å². The van der Waals surface area contributed by atoms with Crippen LogP contribution in [0.15, 0.2) is 60.9 Å². The first-order chi connectivity index (χ1) is 15.3. The smallest absolute Gasteiger partial charge is 0.411 e. The Morgan fingerprint density at radius 3 is 2.38 bits per heavy atom. The second-order valence-corrected chi connectivity index (χ2v) is 7.63. The van der Waals surface area contributed by atoms with Crippen LogP contribution in [0.1, 0.15) is 22.6 Å². The van der Waals surface area contributed by atoms with Crippen LogP contribution in [0.4, 0.5) is 16.3 Å². The van der Waals surface area contributed by atoms with E-state index in [2.05, 4.69) is 15.3 Å². The Kier molecular flexibility index (Phi) is 7.62. The summed E-state index contributed by atoms with van der Waals surface area (Å²) in [6.07, 6.45) is 0.910. The lowest BCUT2D eigenvalue weighted by atomic mass is 9.93. The molecular formula is C23H23ClN4O4. The minimum absolute atomic E-state index is 0.107. The summed E-state index contributed by atoms with van der Waals surface area (Å²) < 4.78 is 5.20. The van der Waals surface area contributed by atoms with Crippen molar-refractivity contribution in [1.82, 2.24) is 9.97 Å². The number of ether oxygens (including phenoxy) is 1. The first-order valence-electron chi connectivity index (χ1n) is 9.82. The predicted octanol–water partition coefficient (Wildman–Crippen LogP) is 4.36. The second kappa shape index (κ2) is 10.6. The van der Waals surface area contributed by atoms with Gasteiger partial charge in [0.05, 0.1) is 5.92 Å². The highest BCUT2D eigenvalue weighted by molar-refractivity contribution is 6.30. The minimum atomic E-state index is -1.03. The molecule has 166 valence electrons. The molecule has 3 rings (SSSR count). The third kappa shape index (κ3) is 5.95. The molecule has 1 aromatic heterocycles. The Bertz CT molecular complexity index is 1080. The van der Waals surface area contributed by atoms with E-state index in [9.17, 15) is 14.7 Å². The fourth-order valence-electron chi connectivity index (χ4n) is 3.17. The molecule has 3 aromatic rings. The molecule has 2 aromatic carbocycles.